The number of carbonyl (C=O) groups excluding carboxylic acids is 2. The van der Waals surface area contributed by atoms with Gasteiger partial charge in [-0.1, -0.05) is 48.5 Å². The van der Waals surface area contributed by atoms with Crippen molar-refractivity contribution in [3.05, 3.63) is 87.4 Å². The van der Waals surface area contributed by atoms with Gasteiger partial charge in [0.25, 0.3) is 0 Å². The highest BCUT2D eigenvalue weighted by molar-refractivity contribution is 8.16. The third-order valence-electron chi connectivity index (χ3n) is 6.12. The number of esters is 1. The summed E-state index contributed by atoms with van der Waals surface area (Å²) in [5.74, 6) is -0.482. The Bertz CT molecular complexity index is 1220. The van der Waals surface area contributed by atoms with E-state index in [9.17, 15) is 9.59 Å². The summed E-state index contributed by atoms with van der Waals surface area (Å²) in [4.78, 5) is 37.0. The van der Waals surface area contributed by atoms with Crippen LogP contribution in [0.15, 0.2) is 70.0 Å². The number of carbonyl (C=O) groups is 2. The number of hydrogen-bond acceptors (Lipinski definition) is 7. The summed E-state index contributed by atoms with van der Waals surface area (Å²) < 4.78 is 5.19. The summed E-state index contributed by atoms with van der Waals surface area (Å²) in [5.41, 5.74) is 6.20. The monoisotopic (exact) mass is 490 g/mol. The van der Waals surface area contributed by atoms with Gasteiger partial charge in [0.1, 0.15) is 0 Å². The topological polar surface area (TPSA) is 83.9 Å². The molecule has 0 radical (unpaired) electrons. The number of amidine groups is 1. The molecular weight excluding hydrogens is 460 g/mol. The van der Waals surface area contributed by atoms with Crippen LogP contribution in [0.1, 0.15) is 48.2 Å². The fourth-order valence-corrected chi connectivity index (χ4v) is 5.38. The zero-order valence-electron chi connectivity index (χ0n) is 20.5. The van der Waals surface area contributed by atoms with E-state index in [2.05, 4.69) is 22.4 Å². The second kappa shape index (κ2) is 10.9. The Morgan fingerprint density at radius 3 is 2.71 bits per heavy atom. The van der Waals surface area contributed by atoms with Gasteiger partial charge in [-0.15, -0.1) is 0 Å². The van der Waals surface area contributed by atoms with E-state index >= 15 is 0 Å². The van der Waals surface area contributed by atoms with E-state index in [0.29, 0.717) is 25.0 Å². The smallest absolute Gasteiger partial charge is 0.338 e. The number of thioether (sulfide) groups is 1. The molecule has 35 heavy (non-hydrogen) atoms. The molecule has 0 unspecified atom stereocenters. The first-order chi connectivity index (χ1) is 16.9. The predicted molar refractivity (Wildman–Crippen MR) is 139 cm³/mol. The maximum atomic E-state index is 13.0. The Kier molecular flexibility index (Phi) is 7.70. The molecule has 0 saturated heterocycles. The second-order valence-electron chi connectivity index (χ2n) is 8.56. The molecule has 4 rings (SSSR count). The zero-order chi connectivity index (χ0) is 24.9. The standard InChI is InChI=1S/C27H30N4O3S/c1-5-22-24(26(33)34-4)25(21-10-9-17(2)14-18(21)3)31-20(16-35-27(31)30-22)15-23(32)29-13-11-19-8-6-7-12-28-19/h6-10,12,14,16,25H,5,11,13,15H2,1-4H3,(H,29,32)/t25-/m1/s1. The van der Waals surface area contributed by atoms with Crippen LogP contribution in [0.25, 0.3) is 0 Å². The molecule has 2 aromatic rings. The Morgan fingerprint density at radius 2 is 2.03 bits per heavy atom. The maximum absolute atomic E-state index is 13.0. The summed E-state index contributed by atoms with van der Waals surface area (Å²) in [6.07, 6.45) is 3.20. The number of allylic oxidation sites excluding steroid dienone is 1. The number of aromatic nitrogens is 1. The summed E-state index contributed by atoms with van der Waals surface area (Å²) in [6, 6.07) is 11.6. The quantitative estimate of drug-likeness (QED) is 0.545. The van der Waals surface area contributed by atoms with Crippen LogP contribution in [0, 0.1) is 13.8 Å². The van der Waals surface area contributed by atoms with Crippen molar-refractivity contribution in [3.8, 4) is 0 Å². The minimum Gasteiger partial charge on any atom is -0.466 e. The number of pyridine rings is 1. The van der Waals surface area contributed by atoms with Crippen molar-refractivity contribution in [2.75, 3.05) is 13.7 Å². The molecule has 3 heterocycles. The Hall–Kier alpha value is -3.39. The zero-order valence-corrected chi connectivity index (χ0v) is 21.3. The number of hydrogen-bond donors (Lipinski definition) is 1. The van der Waals surface area contributed by atoms with Gasteiger partial charge in [0.2, 0.25) is 5.91 Å². The van der Waals surface area contributed by atoms with Crippen molar-refractivity contribution < 1.29 is 14.3 Å². The molecule has 1 amide bonds. The summed E-state index contributed by atoms with van der Waals surface area (Å²) in [6.45, 7) is 6.58. The number of nitrogens with zero attached hydrogens (tertiary/aromatic N) is 3. The van der Waals surface area contributed by atoms with Gasteiger partial charge in [0, 0.05) is 30.6 Å². The number of nitrogens with one attached hydrogen (secondary N) is 1. The number of benzene rings is 1. The molecule has 8 heteroatoms. The number of aryl methyl sites for hydroxylation is 2. The van der Waals surface area contributed by atoms with Crippen molar-refractivity contribution >= 4 is 28.8 Å². The van der Waals surface area contributed by atoms with E-state index < -0.39 is 12.0 Å². The van der Waals surface area contributed by atoms with Crippen LogP contribution in [0.5, 0.6) is 0 Å². The second-order valence-corrected chi connectivity index (χ2v) is 9.39. The molecule has 7 nitrogen and oxygen atoms in total. The van der Waals surface area contributed by atoms with Crippen LogP contribution in [0.3, 0.4) is 0 Å². The molecule has 1 aromatic heterocycles. The molecule has 2 aliphatic heterocycles. The molecular formula is C27H30N4O3S. The highest BCUT2D eigenvalue weighted by Gasteiger charge is 2.41. The third-order valence-corrected chi connectivity index (χ3v) is 7.01. The molecule has 1 aromatic carbocycles. The highest BCUT2D eigenvalue weighted by atomic mass is 32.2. The first kappa shape index (κ1) is 24.7. The van der Waals surface area contributed by atoms with Crippen LogP contribution in [-0.4, -0.2) is 40.6 Å². The normalized spacial score (nSPS) is 17.0. The van der Waals surface area contributed by atoms with Gasteiger partial charge >= 0.3 is 5.97 Å². The van der Waals surface area contributed by atoms with Crippen LogP contribution >= 0.6 is 11.8 Å². The number of rotatable bonds is 8. The van der Waals surface area contributed by atoms with Gasteiger partial charge < -0.3 is 15.0 Å². The lowest BCUT2D eigenvalue weighted by Crippen LogP contribution is -2.38. The number of fused-ring (bicyclic) bond motifs is 1. The number of methoxy groups -OCH3 is 1. The molecule has 0 fully saturated rings. The lowest BCUT2D eigenvalue weighted by molar-refractivity contribution is -0.136. The van der Waals surface area contributed by atoms with E-state index in [-0.39, 0.29) is 12.3 Å². The first-order valence-electron chi connectivity index (χ1n) is 11.7. The van der Waals surface area contributed by atoms with Gasteiger partial charge in [-0.25, -0.2) is 9.79 Å². The molecule has 0 saturated carbocycles. The largest absolute Gasteiger partial charge is 0.466 e. The Labute approximate surface area is 210 Å². The molecule has 0 aliphatic carbocycles. The van der Waals surface area contributed by atoms with Crippen molar-refractivity contribution in [1.29, 1.82) is 0 Å². The van der Waals surface area contributed by atoms with E-state index in [0.717, 1.165) is 38.9 Å². The SMILES string of the molecule is CCC1=C(C(=O)OC)[C@@H](c2ccc(C)cc2C)N2C(CC(=O)NCCc3ccccn3)=CSC2=N1. The summed E-state index contributed by atoms with van der Waals surface area (Å²) in [5, 5.41) is 5.73. The minimum atomic E-state index is -0.409. The van der Waals surface area contributed by atoms with Crippen LogP contribution in [0.2, 0.25) is 0 Å². The van der Waals surface area contributed by atoms with Gasteiger partial charge in [0.15, 0.2) is 5.17 Å². The highest BCUT2D eigenvalue weighted by Crippen LogP contribution is 2.46. The molecule has 0 spiro atoms. The van der Waals surface area contributed by atoms with Crippen molar-refractivity contribution in [1.82, 2.24) is 15.2 Å². The van der Waals surface area contributed by atoms with Gasteiger partial charge in [0.05, 0.1) is 30.8 Å². The van der Waals surface area contributed by atoms with Gasteiger partial charge in [-0.05, 0) is 48.9 Å². The van der Waals surface area contributed by atoms with Crippen molar-refractivity contribution in [3.63, 3.8) is 0 Å². The lowest BCUT2D eigenvalue weighted by atomic mass is 9.89. The van der Waals surface area contributed by atoms with Crippen LogP contribution in [0.4, 0.5) is 0 Å². The van der Waals surface area contributed by atoms with Crippen LogP contribution < -0.4 is 5.32 Å². The summed E-state index contributed by atoms with van der Waals surface area (Å²) >= 11 is 1.48. The minimum absolute atomic E-state index is 0.0849. The summed E-state index contributed by atoms with van der Waals surface area (Å²) in [7, 11) is 1.39. The van der Waals surface area contributed by atoms with Crippen molar-refractivity contribution in [2.24, 2.45) is 4.99 Å². The fourth-order valence-electron chi connectivity index (χ4n) is 4.44. The fraction of sp³-hybridized carbons (Fsp3) is 0.333. The van der Waals surface area contributed by atoms with Crippen LogP contribution in [-0.2, 0) is 20.7 Å². The number of ether oxygens (including phenoxy) is 1. The molecule has 1 N–H and O–H groups in total. The maximum Gasteiger partial charge on any atom is 0.338 e. The Balaban J connectivity index is 1.60. The van der Waals surface area contributed by atoms with E-state index in [1.165, 1.54) is 18.9 Å². The number of aliphatic imine (C=N–C) groups is 1. The average molecular weight is 491 g/mol. The first-order valence-corrected chi connectivity index (χ1v) is 12.6. The third kappa shape index (κ3) is 5.32. The van der Waals surface area contributed by atoms with E-state index in [1.807, 2.05) is 55.3 Å². The number of amides is 1. The lowest BCUT2D eigenvalue weighted by Gasteiger charge is -2.37. The molecule has 182 valence electrons. The van der Waals surface area contributed by atoms with Crippen molar-refractivity contribution in [2.45, 2.75) is 46.1 Å². The molecule has 2 aliphatic rings. The Morgan fingerprint density at radius 1 is 1.20 bits per heavy atom. The average Bonchev–Trinajstić information content (AvgIpc) is 3.25. The predicted octanol–water partition coefficient (Wildman–Crippen LogP) is 4.59. The molecule has 1 atom stereocenters. The van der Waals surface area contributed by atoms with E-state index in [4.69, 9.17) is 9.73 Å². The van der Waals surface area contributed by atoms with E-state index in [1.54, 1.807) is 6.20 Å². The molecule has 0 bridgehead atoms. The van der Waals surface area contributed by atoms with Gasteiger partial charge in [-0.2, -0.15) is 0 Å². The van der Waals surface area contributed by atoms with Gasteiger partial charge in [-0.3, -0.25) is 9.78 Å².